The van der Waals surface area contributed by atoms with Crippen molar-refractivity contribution in [3.05, 3.63) is 105 Å². The Balaban J connectivity index is 1.51. The molecule has 0 saturated heterocycles. The predicted molar refractivity (Wildman–Crippen MR) is 215 cm³/mol. The molecule has 0 fully saturated rings. The number of anilines is 3. The number of carboxylic acids is 1. The highest BCUT2D eigenvalue weighted by atomic mass is 32.2. The van der Waals surface area contributed by atoms with Crippen LogP contribution in [0.2, 0.25) is 0 Å². The van der Waals surface area contributed by atoms with Crippen molar-refractivity contribution >= 4 is 81.8 Å². The topological polar surface area (TPSA) is 310 Å². The molecule has 60 heavy (non-hydrogen) atoms. The number of hydrogen-bond acceptors (Lipinski definition) is 13. The van der Waals surface area contributed by atoms with Gasteiger partial charge in [0, 0.05) is 35.5 Å². The van der Waals surface area contributed by atoms with E-state index in [1.165, 1.54) is 49.5 Å². The third-order valence-electron chi connectivity index (χ3n) is 9.56. The number of fused-ring (bicyclic) bond motifs is 2. The lowest BCUT2D eigenvalue weighted by Gasteiger charge is -2.26. The molecule has 0 radical (unpaired) electrons. The zero-order chi connectivity index (χ0) is 43.9. The quantitative estimate of drug-likeness (QED) is 0.0414. The van der Waals surface area contributed by atoms with Gasteiger partial charge in [0.05, 0.1) is 45.1 Å². The zero-order valence-corrected chi connectivity index (χ0v) is 33.6. The third kappa shape index (κ3) is 8.74. The summed E-state index contributed by atoms with van der Waals surface area (Å²) >= 11 is 0. The van der Waals surface area contributed by atoms with E-state index in [1.54, 1.807) is 6.07 Å². The number of aryl methyl sites for hydroxylation is 1. The Morgan fingerprint density at radius 3 is 2.02 bits per heavy atom. The van der Waals surface area contributed by atoms with Crippen molar-refractivity contribution in [2.45, 2.75) is 40.4 Å². The van der Waals surface area contributed by atoms with Gasteiger partial charge in [0.2, 0.25) is 5.91 Å². The number of rotatable bonds is 16. The molecule has 0 aliphatic heterocycles. The Morgan fingerprint density at radius 2 is 1.37 bits per heavy atom. The highest BCUT2D eigenvalue weighted by molar-refractivity contribution is 7.87. The van der Waals surface area contributed by atoms with Crippen LogP contribution < -0.4 is 21.5 Å². The minimum absolute atomic E-state index is 0.00519. The lowest BCUT2D eigenvalue weighted by molar-refractivity contribution is -0.137. The van der Waals surface area contributed by atoms with Gasteiger partial charge in [0.1, 0.15) is 9.79 Å². The summed E-state index contributed by atoms with van der Waals surface area (Å²) in [6, 6.07) is 14.0. The van der Waals surface area contributed by atoms with Gasteiger partial charge in [-0.25, -0.2) is 0 Å². The molecule has 1 aliphatic carbocycles. The van der Waals surface area contributed by atoms with E-state index in [9.17, 15) is 62.9 Å². The molecule has 22 heteroatoms. The summed E-state index contributed by atoms with van der Waals surface area (Å²) in [6.07, 6.45) is 1.40. The van der Waals surface area contributed by atoms with E-state index in [0.717, 1.165) is 22.8 Å². The van der Waals surface area contributed by atoms with E-state index in [-0.39, 0.29) is 57.4 Å². The predicted octanol–water partition coefficient (Wildman–Crippen LogP) is 3.64. The van der Waals surface area contributed by atoms with Crippen molar-refractivity contribution in [3.63, 3.8) is 0 Å². The first kappa shape index (κ1) is 43.4. The van der Waals surface area contributed by atoms with Crippen LogP contribution in [0.15, 0.2) is 92.3 Å². The van der Waals surface area contributed by atoms with Gasteiger partial charge in [-0.1, -0.05) is 42.8 Å². The standard InChI is InChI=1S/C38H34N4O15S3/c1-42-27-14-13-24(40-25-17-26(29(60(55,56)57)18-28(25)59(52,53)54)41-30(43)19-39-15-6-2-3-12-31(44)45)33-34(27)32(22-10-4-5-11-23(22)37(33)47)35(38(42)48)36(46)20-8-7-9-21(16-20)58(49,50)51/h4-5,7-11,13-14,16-18,39-40H,2-3,6,12,15,19H2,1H3,(H,41,43)(H,44,45)(H,49,50,51)(H,52,53,54)(H,55,56,57). The van der Waals surface area contributed by atoms with Crippen molar-refractivity contribution < 1.29 is 63.2 Å². The molecule has 4 aromatic carbocycles. The van der Waals surface area contributed by atoms with Crippen LogP contribution in [0.5, 0.6) is 0 Å². The molecule has 0 unspecified atom stereocenters. The van der Waals surface area contributed by atoms with Crippen LogP contribution >= 0.6 is 0 Å². The molecule has 0 bridgehead atoms. The number of aromatic nitrogens is 1. The summed E-state index contributed by atoms with van der Waals surface area (Å²) in [7, 11) is -14.1. The van der Waals surface area contributed by atoms with E-state index >= 15 is 0 Å². The summed E-state index contributed by atoms with van der Waals surface area (Å²) in [5.41, 5.74) is -3.13. The average Bonchev–Trinajstić information content (AvgIpc) is 3.16. The largest absolute Gasteiger partial charge is 0.481 e. The van der Waals surface area contributed by atoms with Gasteiger partial charge >= 0.3 is 5.97 Å². The highest BCUT2D eigenvalue weighted by Gasteiger charge is 2.35. The monoisotopic (exact) mass is 882 g/mol. The summed E-state index contributed by atoms with van der Waals surface area (Å²) in [5, 5.41) is 16.6. The Hall–Kier alpha value is -6.14. The first-order valence-electron chi connectivity index (χ1n) is 17.7. The van der Waals surface area contributed by atoms with Gasteiger partial charge in [0.25, 0.3) is 35.9 Å². The fraction of sp³-hybridized carbons (Fsp3) is 0.184. The number of carboxylic acid groups (broad SMARTS) is 1. The molecule has 314 valence electrons. The van der Waals surface area contributed by atoms with Crippen LogP contribution in [-0.2, 0) is 47.0 Å². The molecular formula is C38H34N4O15S3. The van der Waals surface area contributed by atoms with Gasteiger partial charge in [-0.3, -0.25) is 37.6 Å². The molecule has 0 spiro atoms. The summed E-state index contributed by atoms with van der Waals surface area (Å²) in [4.78, 5) is 63.5. The number of amides is 1. The molecule has 7 N–H and O–H groups in total. The molecule has 5 aromatic rings. The molecule has 1 aromatic heterocycles. The number of carbonyl (C=O) groups is 4. The maximum absolute atomic E-state index is 14.4. The molecule has 1 heterocycles. The van der Waals surface area contributed by atoms with Crippen molar-refractivity contribution in [1.82, 2.24) is 9.88 Å². The van der Waals surface area contributed by atoms with Crippen LogP contribution in [0.4, 0.5) is 17.1 Å². The number of unbranched alkanes of at least 4 members (excludes halogenated alkanes) is 2. The fourth-order valence-corrected chi connectivity index (χ4v) is 8.77. The van der Waals surface area contributed by atoms with E-state index in [0.29, 0.717) is 25.3 Å². The number of benzene rings is 4. The number of aliphatic carboxylic acids is 1. The normalized spacial score (nSPS) is 12.6. The van der Waals surface area contributed by atoms with E-state index in [2.05, 4.69) is 16.0 Å². The SMILES string of the molecule is Cn1c(=O)c(C(=O)c2cccc(S(=O)(=O)O)c2)c2c3c(c(Nc4cc(NC(=O)CNCCCCCC(=O)O)c(S(=O)(=O)O)cc4S(=O)(=O)O)ccc31)C(=O)c1ccccc1-2. The summed E-state index contributed by atoms with van der Waals surface area (Å²) in [5.74, 6) is -3.48. The van der Waals surface area contributed by atoms with Crippen LogP contribution in [0.25, 0.3) is 22.0 Å². The minimum atomic E-state index is -5.34. The highest BCUT2D eigenvalue weighted by Crippen LogP contribution is 2.45. The summed E-state index contributed by atoms with van der Waals surface area (Å²) < 4.78 is 105. The van der Waals surface area contributed by atoms with Crippen molar-refractivity contribution in [2.24, 2.45) is 7.05 Å². The maximum atomic E-state index is 14.4. The maximum Gasteiger partial charge on any atom is 0.303 e. The van der Waals surface area contributed by atoms with Crippen LogP contribution in [0.3, 0.4) is 0 Å². The molecule has 1 aliphatic rings. The second-order valence-electron chi connectivity index (χ2n) is 13.6. The molecule has 0 saturated carbocycles. The van der Waals surface area contributed by atoms with Crippen LogP contribution in [0, 0.1) is 0 Å². The lowest BCUT2D eigenvalue weighted by atomic mass is 9.80. The molecule has 19 nitrogen and oxygen atoms in total. The third-order valence-corrected chi connectivity index (χ3v) is 12.2. The fourth-order valence-electron chi connectivity index (χ4n) is 6.86. The van der Waals surface area contributed by atoms with Crippen molar-refractivity contribution in [1.29, 1.82) is 0 Å². The molecule has 0 atom stereocenters. The average molecular weight is 883 g/mol. The van der Waals surface area contributed by atoms with Crippen LogP contribution in [-0.4, -0.2) is 85.1 Å². The Labute approximate surface area is 341 Å². The number of nitrogens with zero attached hydrogens (tertiary/aromatic N) is 1. The number of ketones is 2. The van der Waals surface area contributed by atoms with E-state index in [4.69, 9.17) is 5.11 Å². The van der Waals surface area contributed by atoms with Crippen molar-refractivity contribution in [3.8, 4) is 11.1 Å². The molecule has 6 rings (SSSR count). The first-order valence-corrected chi connectivity index (χ1v) is 22.0. The summed E-state index contributed by atoms with van der Waals surface area (Å²) in [6.45, 7) is -0.134. The number of hydrogen-bond donors (Lipinski definition) is 7. The minimum Gasteiger partial charge on any atom is -0.481 e. The van der Waals surface area contributed by atoms with Gasteiger partial charge in [0.15, 0.2) is 11.6 Å². The Kier molecular flexibility index (Phi) is 11.9. The number of pyridine rings is 1. The van der Waals surface area contributed by atoms with Gasteiger partial charge in [-0.2, -0.15) is 25.3 Å². The Bertz CT molecular complexity index is 3070. The van der Waals surface area contributed by atoms with E-state index in [1.807, 2.05) is 0 Å². The molecule has 1 amide bonds. The smallest absolute Gasteiger partial charge is 0.303 e. The number of carbonyl (C=O) groups excluding carboxylic acids is 3. The van der Waals surface area contributed by atoms with Gasteiger partial charge in [-0.05, 0) is 61.3 Å². The zero-order valence-electron chi connectivity index (χ0n) is 31.1. The van der Waals surface area contributed by atoms with Crippen LogP contribution in [0.1, 0.15) is 57.5 Å². The Morgan fingerprint density at radius 1 is 0.700 bits per heavy atom. The van der Waals surface area contributed by atoms with Gasteiger partial charge in [-0.15, -0.1) is 0 Å². The lowest BCUT2D eigenvalue weighted by Crippen LogP contribution is -2.29. The van der Waals surface area contributed by atoms with E-state index < -0.39 is 97.5 Å². The first-order chi connectivity index (χ1) is 28.1. The molecular weight excluding hydrogens is 849 g/mol. The number of nitrogens with one attached hydrogen (secondary N) is 3. The van der Waals surface area contributed by atoms with Crippen molar-refractivity contribution in [2.75, 3.05) is 23.7 Å². The second kappa shape index (κ2) is 16.5. The second-order valence-corrected chi connectivity index (χ2v) is 17.8. The van der Waals surface area contributed by atoms with Gasteiger partial charge < -0.3 is 25.6 Å².